The van der Waals surface area contributed by atoms with E-state index in [4.69, 9.17) is 9.47 Å². The van der Waals surface area contributed by atoms with Gasteiger partial charge in [-0.3, -0.25) is 14.6 Å². The molecule has 0 spiro atoms. The number of carbonyl (C=O) groups excluding carboxylic acids is 2. The fourth-order valence-electron chi connectivity index (χ4n) is 3.82. The first-order valence-electron chi connectivity index (χ1n) is 10.1. The molecule has 1 aliphatic rings. The van der Waals surface area contributed by atoms with Gasteiger partial charge in [0.2, 0.25) is 0 Å². The van der Waals surface area contributed by atoms with E-state index in [0.717, 1.165) is 5.56 Å². The number of Topliss-reactive ketones (excluding diaryl/α,β-unsaturated/α-hetero) is 1. The zero-order valence-corrected chi connectivity index (χ0v) is 19.6. The zero-order valence-electron chi connectivity index (χ0n) is 18.0. The van der Waals surface area contributed by atoms with Crippen molar-refractivity contribution in [2.24, 2.45) is 0 Å². The van der Waals surface area contributed by atoms with E-state index in [-0.39, 0.29) is 17.9 Å². The number of amides is 1. The van der Waals surface area contributed by atoms with E-state index in [9.17, 15) is 14.7 Å². The molecule has 1 fully saturated rings. The topological polar surface area (TPSA) is 89.0 Å². The van der Waals surface area contributed by atoms with Gasteiger partial charge < -0.3 is 19.5 Å². The number of aliphatic hydroxyl groups is 1. The second-order valence-electron chi connectivity index (χ2n) is 7.41. The van der Waals surface area contributed by atoms with Crippen LogP contribution in [0, 0.1) is 0 Å². The first kappa shape index (κ1) is 22.5. The Morgan fingerprint density at radius 3 is 2.45 bits per heavy atom. The lowest BCUT2D eigenvalue weighted by Crippen LogP contribution is -2.29. The highest BCUT2D eigenvalue weighted by molar-refractivity contribution is 9.10. The van der Waals surface area contributed by atoms with Gasteiger partial charge in [-0.05, 0) is 63.5 Å². The van der Waals surface area contributed by atoms with Crippen molar-refractivity contribution < 1.29 is 24.2 Å². The molecule has 1 aromatic heterocycles. The average Bonchev–Trinajstić information content (AvgIpc) is 3.09. The number of hydrogen-bond donors (Lipinski definition) is 1. The van der Waals surface area contributed by atoms with Crippen molar-refractivity contribution in [2.75, 3.05) is 14.2 Å². The number of halogens is 1. The Labute approximate surface area is 199 Å². The monoisotopic (exact) mass is 508 g/mol. The Hall–Kier alpha value is -3.65. The van der Waals surface area contributed by atoms with E-state index in [1.807, 2.05) is 12.1 Å². The number of ketones is 1. The molecule has 7 nitrogen and oxygen atoms in total. The second kappa shape index (κ2) is 9.46. The Kier molecular flexibility index (Phi) is 6.46. The van der Waals surface area contributed by atoms with Gasteiger partial charge in [0.25, 0.3) is 11.7 Å². The number of aromatic nitrogens is 1. The summed E-state index contributed by atoms with van der Waals surface area (Å²) in [6.07, 6.45) is 3.20. The number of carbonyl (C=O) groups is 2. The third-order valence-corrected chi connectivity index (χ3v) is 6.10. The van der Waals surface area contributed by atoms with E-state index in [2.05, 4.69) is 20.9 Å². The zero-order chi connectivity index (χ0) is 23.5. The molecular formula is C25H21BrN2O5. The normalized spacial score (nSPS) is 17.3. The van der Waals surface area contributed by atoms with Crippen LogP contribution in [0.1, 0.15) is 22.7 Å². The Morgan fingerprint density at radius 1 is 1.09 bits per heavy atom. The summed E-state index contributed by atoms with van der Waals surface area (Å²) in [5.41, 5.74) is 1.84. The van der Waals surface area contributed by atoms with Crippen LogP contribution in [-0.2, 0) is 16.1 Å². The molecule has 0 saturated carbocycles. The van der Waals surface area contributed by atoms with Crippen LogP contribution in [0.5, 0.6) is 11.5 Å². The third kappa shape index (κ3) is 4.34. The largest absolute Gasteiger partial charge is 0.507 e. The Bertz CT molecular complexity index is 1230. The van der Waals surface area contributed by atoms with Gasteiger partial charge in [-0.15, -0.1) is 0 Å². The van der Waals surface area contributed by atoms with Gasteiger partial charge in [-0.1, -0.05) is 18.2 Å². The molecule has 8 heteroatoms. The summed E-state index contributed by atoms with van der Waals surface area (Å²) in [5, 5.41) is 11.2. The molecule has 2 aromatic carbocycles. The number of ether oxygens (including phenoxy) is 2. The molecule has 0 aliphatic carbocycles. The van der Waals surface area contributed by atoms with Gasteiger partial charge in [0.15, 0.2) is 0 Å². The minimum atomic E-state index is -0.790. The predicted octanol–water partition coefficient (Wildman–Crippen LogP) is 4.48. The lowest BCUT2D eigenvalue weighted by Gasteiger charge is -2.25. The van der Waals surface area contributed by atoms with Crippen LogP contribution in [0.4, 0.5) is 0 Å². The predicted molar refractivity (Wildman–Crippen MR) is 126 cm³/mol. The summed E-state index contributed by atoms with van der Waals surface area (Å²) in [7, 11) is 3.11. The van der Waals surface area contributed by atoms with Crippen LogP contribution in [0.2, 0.25) is 0 Å². The van der Waals surface area contributed by atoms with Crippen molar-refractivity contribution in [3.05, 3.63) is 93.7 Å². The first-order chi connectivity index (χ1) is 15.9. The average molecular weight is 509 g/mol. The van der Waals surface area contributed by atoms with Crippen LogP contribution in [0.15, 0.2) is 77.0 Å². The number of hydrogen-bond acceptors (Lipinski definition) is 6. The number of pyridine rings is 1. The van der Waals surface area contributed by atoms with Crippen molar-refractivity contribution in [1.29, 1.82) is 0 Å². The fraction of sp³-hybridized carbons (Fsp3) is 0.160. The molecule has 33 heavy (non-hydrogen) atoms. The van der Waals surface area contributed by atoms with Crippen LogP contribution >= 0.6 is 15.9 Å². The van der Waals surface area contributed by atoms with Crippen LogP contribution in [-0.4, -0.2) is 40.9 Å². The van der Waals surface area contributed by atoms with Crippen molar-refractivity contribution in [3.63, 3.8) is 0 Å². The summed E-state index contributed by atoms with van der Waals surface area (Å²) >= 11 is 3.40. The van der Waals surface area contributed by atoms with Crippen LogP contribution < -0.4 is 9.47 Å². The molecule has 1 aliphatic heterocycles. The summed E-state index contributed by atoms with van der Waals surface area (Å²) in [5.74, 6) is -0.427. The van der Waals surface area contributed by atoms with Gasteiger partial charge in [0, 0.05) is 24.5 Å². The molecular weight excluding hydrogens is 488 g/mol. The molecule has 0 bridgehead atoms. The van der Waals surface area contributed by atoms with Crippen molar-refractivity contribution in [2.45, 2.75) is 12.6 Å². The summed E-state index contributed by atoms with van der Waals surface area (Å²) in [6, 6.07) is 14.9. The van der Waals surface area contributed by atoms with E-state index in [0.29, 0.717) is 27.1 Å². The van der Waals surface area contributed by atoms with Gasteiger partial charge in [0.05, 0.1) is 30.3 Å². The lowest BCUT2D eigenvalue weighted by atomic mass is 9.96. The van der Waals surface area contributed by atoms with Crippen LogP contribution in [0.3, 0.4) is 0 Å². The van der Waals surface area contributed by atoms with Crippen molar-refractivity contribution in [1.82, 2.24) is 9.88 Å². The standard InChI is InChI=1S/C25H21BrN2O5/c1-32-18-8-5-15(6-9-18)14-28-22(17-4-3-11-27-13-17)21(24(30)25(28)31)23(29)16-7-10-20(33-2)19(26)12-16/h3-13,22,29H,14H2,1-2H3/b23-21-. The first-order valence-corrected chi connectivity index (χ1v) is 10.9. The quantitative estimate of drug-likeness (QED) is 0.300. The highest BCUT2D eigenvalue weighted by atomic mass is 79.9. The van der Waals surface area contributed by atoms with Gasteiger partial charge in [-0.25, -0.2) is 0 Å². The minimum absolute atomic E-state index is 0.0126. The van der Waals surface area contributed by atoms with E-state index < -0.39 is 17.7 Å². The summed E-state index contributed by atoms with van der Waals surface area (Å²) in [4.78, 5) is 31.8. The number of rotatable bonds is 6. The Morgan fingerprint density at radius 2 is 1.85 bits per heavy atom. The molecule has 1 amide bonds. The molecule has 2 heterocycles. The highest BCUT2D eigenvalue weighted by Gasteiger charge is 2.46. The molecule has 1 saturated heterocycles. The molecule has 1 N–H and O–H groups in total. The second-order valence-corrected chi connectivity index (χ2v) is 8.27. The lowest BCUT2D eigenvalue weighted by molar-refractivity contribution is -0.140. The molecule has 4 rings (SSSR count). The highest BCUT2D eigenvalue weighted by Crippen LogP contribution is 2.41. The van der Waals surface area contributed by atoms with Crippen LogP contribution in [0.25, 0.3) is 5.76 Å². The SMILES string of the molecule is COc1ccc(CN2C(=O)C(=O)/C(=C(\O)c3ccc(OC)c(Br)c3)C2c2cccnc2)cc1. The molecule has 1 atom stereocenters. The summed E-state index contributed by atoms with van der Waals surface area (Å²) in [6.45, 7) is 0.178. The molecule has 0 radical (unpaired) electrons. The van der Waals surface area contributed by atoms with Crippen molar-refractivity contribution in [3.8, 4) is 11.5 Å². The maximum Gasteiger partial charge on any atom is 0.295 e. The van der Waals surface area contributed by atoms with Gasteiger partial charge >= 0.3 is 0 Å². The molecule has 1 unspecified atom stereocenters. The third-order valence-electron chi connectivity index (χ3n) is 5.48. The van der Waals surface area contributed by atoms with Gasteiger partial charge in [-0.2, -0.15) is 0 Å². The molecule has 3 aromatic rings. The van der Waals surface area contributed by atoms with E-state index in [1.54, 1.807) is 62.0 Å². The van der Waals surface area contributed by atoms with Crippen molar-refractivity contribution >= 4 is 33.4 Å². The number of aliphatic hydroxyl groups excluding tert-OH is 1. The van der Waals surface area contributed by atoms with E-state index in [1.165, 1.54) is 12.0 Å². The smallest absolute Gasteiger partial charge is 0.295 e. The number of benzene rings is 2. The number of nitrogens with zero attached hydrogens (tertiary/aromatic N) is 2. The minimum Gasteiger partial charge on any atom is -0.507 e. The Balaban J connectivity index is 1.81. The van der Waals surface area contributed by atoms with E-state index >= 15 is 0 Å². The maximum absolute atomic E-state index is 13.1. The summed E-state index contributed by atoms with van der Waals surface area (Å²) < 4.78 is 11.0. The van der Waals surface area contributed by atoms with Gasteiger partial charge in [0.1, 0.15) is 17.3 Å². The number of methoxy groups -OCH3 is 2. The maximum atomic E-state index is 13.1. The number of likely N-dealkylation sites (tertiary alicyclic amines) is 1. The molecule has 168 valence electrons. The fourth-order valence-corrected chi connectivity index (χ4v) is 4.36.